The molecule has 1 aromatic heterocycles. The molecule has 2 aromatic rings. The van der Waals surface area contributed by atoms with Gasteiger partial charge < -0.3 is 14.8 Å². The molecule has 1 amide bonds. The summed E-state index contributed by atoms with van der Waals surface area (Å²) in [5.74, 6) is -0.488. The largest absolute Gasteiger partial charge is 0.459 e. The summed E-state index contributed by atoms with van der Waals surface area (Å²) in [5, 5.41) is 12.3. The van der Waals surface area contributed by atoms with Gasteiger partial charge in [0, 0.05) is 5.56 Å². The number of benzene rings is 1. The molecule has 2 rings (SSSR count). The van der Waals surface area contributed by atoms with Gasteiger partial charge in [-0.3, -0.25) is 4.79 Å². The number of hydrogen-bond acceptors (Lipinski definition) is 7. The topological polar surface area (TPSA) is 90.4 Å². The molecule has 0 bridgehead atoms. The van der Waals surface area contributed by atoms with Crippen LogP contribution in [0.5, 0.6) is 0 Å². The molecule has 7 nitrogen and oxygen atoms in total. The number of carbonyl (C=O) groups is 2. The Morgan fingerprint density at radius 1 is 0.964 bits per heavy atom. The van der Waals surface area contributed by atoms with Crippen LogP contribution in [0.15, 0.2) is 30.3 Å². The second-order valence-corrected chi connectivity index (χ2v) is 9.12. The van der Waals surface area contributed by atoms with Crippen molar-refractivity contribution < 1.29 is 19.1 Å². The van der Waals surface area contributed by atoms with E-state index in [1.807, 2.05) is 37.3 Å². The average Bonchev–Trinajstić information content (AvgIpc) is 2.98. The Morgan fingerprint density at radius 3 is 2.00 bits per heavy atom. The molecule has 0 aliphatic heterocycles. The SMILES string of the molecule is CC(C)(C)OC(=O)CNC(=O)OC(C)(C)C.Cc1nnc(-c2ccccc2)s1. The molecule has 0 saturated heterocycles. The molecular formula is C20H29N3O4S. The van der Waals surface area contributed by atoms with Crippen molar-refractivity contribution in [1.29, 1.82) is 0 Å². The van der Waals surface area contributed by atoms with Crippen LogP contribution in [0.25, 0.3) is 10.6 Å². The van der Waals surface area contributed by atoms with Crippen molar-refractivity contribution in [3.63, 3.8) is 0 Å². The smallest absolute Gasteiger partial charge is 0.408 e. The van der Waals surface area contributed by atoms with Crippen molar-refractivity contribution >= 4 is 23.4 Å². The third-order valence-electron chi connectivity index (χ3n) is 2.74. The van der Waals surface area contributed by atoms with E-state index >= 15 is 0 Å². The summed E-state index contributed by atoms with van der Waals surface area (Å²) in [6.07, 6.45) is -0.627. The molecule has 0 unspecified atom stereocenters. The lowest BCUT2D eigenvalue weighted by molar-refractivity contribution is -0.153. The van der Waals surface area contributed by atoms with Gasteiger partial charge in [0.1, 0.15) is 27.8 Å². The molecule has 154 valence electrons. The fourth-order valence-electron chi connectivity index (χ4n) is 1.83. The first kappa shape index (κ1) is 23.6. The van der Waals surface area contributed by atoms with Crippen LogP contribution in [0.2, 0.25) is 0 Å². The minimum absolute atomic E-state index is 0.188. The fourth-order valence-corrected chi connectivity index (χ4v) is 2.53. The van der Waals surface area contributed by atoms with E-state index in [0.29, 0.717) is 0 Å². The number of hydrogen-bond donors (Lipinski definition) is 1. The van der Waals surface area contributed by atoms with Crippen LogP contribution in [0.4, 0.5) is 4.79 Å². The van der Waals surface area contributed by atoms with Gasteiger partial charge in [0.25, 0.3) is 0 Å². The Morgan fingerprint density at radius 2 is 1.54 bits per heavy atom. The van der Waals surface area contributed by atoms with Crippen LogP contribution in [-0.4, -0.2) is 40.0 Å². The maximum Gasteiger partial charge on any atom is 0.408 e. The van der Waals surface area contributed by atoms with E-state index in [1.165, 1.54) is 0 Å². The van der Waals surface area contributed by atoms with E-state index in [9.17, 15) is 9.59 Å². The first-order valence-corrected chi connectivity index (χ1v) is 9.71. The van der Waals surface area contributed by atoms with Gasteiger partial charge in [-0.2, -0.15) is 0 Å². The lowest BCUT2D eigenvalue weighted by Crippen LogP contribution is -2.37. The third-order valence-corrected chi connectivity index (χ3v) is 3.63. The summed E-state index contributed by atoms with van der Waals surface area (Å²) < 4.78 is 9.97. The Kier molecular flexibility index (Phi) is 8.56. The van der Waals surface area contributed by atoms with E-state index in [4.69, 9.17) is 9.47 Å². The number of amides is 1. The van der Waals surface area contributed by atoms with Crippen molar-refractivity contribution in [3.05, 3.63) is 35.3 Å². The number of carbonyl (C=O) groups excluding carboxylic acids is 2. The molecule has 0 aliphatic rings. The van der Waals surface area contributed by atoms with Crippen LogP contribution in [0.3, 0.4) is 0 Å². The van der Waals surface area contributed by atoms with Crippen molar-refractivity contribution in [2.24, 2.45) is 0 Å². The average molecular weight is 408 g/mol. The number of nitrogens with one attached hydrogen (secondary N) is 1. The van der Waals surface area contributed by atoms with Gasteiger partial charge in [-0.25, -0.2) is 4.79 Å². The van der Waals surface area contributed by atoms with Crippen molar-refractivity contribution in [2.75, 3.05) is 6.54 Å². The first-order chi connectivity index (χ1) is 12.9. The highest BCUT2D eigenvalue weighted by atomic mass is 32.1. The summed E-state index contributed by atoms with van der Waals surface area (Å²) in [5.41, 5.74) is 0.0214. The second kappa shape index (κ2) is 10.2. The second-order valence-electron chi connectivity index (χ2n) is 7.93. The molecule has 1 aromatic carbocycles. The standard InChI is InChI=1S/C11H21NO4.C9H8N2S/c1-10(2,3)15-8(13)7-12-9(14)16-11(4,5)6;1-7-10-11-9(12-7)8-5-3-2-4-6-8/h7H2,1-6H3,(H,12,14);2-6H,1H3. The monoisotopic (exact) mass is 407 g/mol. The van der Waals surface area contributed by atoms with Crippen LogP contribution < -0.4 is 5.32 Å². The minimum atomic E-state index is -0.627. The van der Waals surface area contributed by atoms with Crippen LogP contribution in [-0.2, 0) is 14.3 Å². The number of alkyl carbamates (subject to hydrolysis) is 1. The van der Waals surface area contributed by atoms with Crippen molar-refractivity contribution in [1.82, 2.24) is 15.5 Å². The zero-order valence-corrected chi connectivity index (χ0v) is 18.3. The van der Waals surface area contributed by atoms with Crippen molar-refractivity contribution in [3.8, 4) is 10.6 Å². The molecule has 8 heteroatoms. The van der Waals surface area contributed by atoms with Gasteiger partial charge in [0.05, 0.1) is 0 Å². The predicted octanol–water partition coefficient (Wildman–Crippen LogP) is 4.37. The fraction of sp³-hybridized carbons (Fsp3) is 0.500. The van der Waals surface area contributed by atoms with E-state index in [-0.39, 0.29) is 6.54 Å². The molecule has 0 aliphatic carbocycles. The Hall–Kier alpha value is -2.48. The highest BCUT2D eigenvalue weighted by Gasteiger charge is 2.19. The summed E-state index contributed by atoms with van der Waals surface area (Å²) in [6.45, 7) is 12.3. The van der Waals surface area contributed by atoms with Gasteiger partial charge in [-0.05, 0) is 48.5 Å². The molecule has 1 N–H and O–H groups in total. The van der Waals surface area contributed by atoms with E-state index in [1.54, 1.807) is 52.9 Å². The Labute approximate surface area is 170 Å². The number of rotatable bonds is 3. The molecule has 0 radical (unpaired) electrons. The summed E-state index contributed by atoms with van der Waals surface area (Å²) in [7, 11) is 0. The van der Waals surface area contributed by atoms with Gasteiger partial charge >= 0.3 is 12.1 Å². The molecular weight excluding hydrogens is 378 g/mol. The molecule has 0 atom stereocenters. The van der Waals surface area contributed by atoms with Gasteiger partial charge in [-0.15, -0.1) is 10.2 Å². The van der Waals surface area contributed by atoms with E-state index in [0.717, 1.165) is 15.6 Å². The Balaban J connectivity index is 0.000000289. The van der Waals surface area contributed by atoms with Gasteiger partial charge in [-0.1, -0.05) is 41.7 Å². The molecule has 0 saturated carbocycles. The summed E-state index contributed by atoms with van der Waals surface area (Å²) in [4.78, 5) is 22.4. The predicted molar refractivity (Wildman–Crippen MR) is 110 cm³/mol. The maximum absolute atomic E-state index is 11.2. The first-order valence-electron chi connectivity index (χ1n) is 8.90. The molecule has 0 spiro atoms. The lowest BCUT2D eigenvalue weighted by atomic mass is 10.2. The summed E-state index contributed by atoms with van der Waals surface area (Å²) in [6, 6.07) is 10.1. The molecule has 0 fully saturated rings. The number of aromatic nitrogens is 2. The van der Waals surface area contributed by atoms with Crippen LogP contribution in [0.1, 0.15) is 46.6 Å². The molecule has 28 heavy (non-hydrogen) atoms. The van der Waals surface area contributed by atoms with Gasteiger partial charge in [0.2, 0.25) is 0 Å². The minimum Gasteiger partial charge on any atom is -0.459 e. The van der Waals surface area contributed by atoms with E-state index < -0.39 is 23.3 Å². The number of aryl methyl sites for hydroxylation is 1. The Bertz CT molecular complexity index is 734. The van der Waals surface area contributed by atoms with Crippen LogP contribution in [0, 0.1) is 6.92 Å². The van der Waals surface area contributed by atoms with Crippen LogP contribution >= 0.6 is 11.3 Å². The third kappa shape index (κ3) is 10.6. The lowest BCUT2D eigenvalue weighted by Gasteiger charge is -2.21. The number of nitrogens with zero attached hydrogens (tertiary/aromatic N) is 2. The highest BCUT2D eigenvalue weighted by molar-refractivity contribution is 7.14. The normalized spacial score (nSPS) is 11.1. The van der Waals surface area contributed by atoms with E-state index in [2.05, 4.69) is 15.5 Å². The number of esters is 1. The maximum atomic E-state index is 11.2. The highest BCUT2D eigenvalue weighted by Crippen LogP contribution is 2.21. The zero-order chi connectivity index (χ0) is 21.4. The molecule has 1 heterocycles. The van der Waals surface area contributed by atoms with Crippen molar-refractivity contribution in [2.45, 2.75) is 59.7 Å². The van der Waals surface area contributed by atoms with Gasteiger partial charge in [0.15, 0.2) is 0 Å². The number of ether oxygens (including phenoxy) is 2. The summed E-state index contributed by atoms with van der Waals surface area (Å²) >= 11 is 1.62. The quantitative estimate of drug-likeness (QED) is 0.760. The zero-order valence-electron chi connectivity index (χ0n) is 17.5.